The summed E-state index contributed by atoms with van der Waals surface area (Å²) in [5.74, 6) is 2.00. The second kappa shape index (κ2) is 6.10. The minimum Gasteiger partial charge on any atom is -0.496 e. The van der Waals surface area contributed by atoms with Crippen LogP contribution in [0.5, 0.6) is 11.5 Å². The molecule has 0 saturated heterocycles. The lowest BCUT2D eigenvalue weighted by Gasteiger charge is -2.23. The predicted octanol–water partition coefficient (Wildman–Crippen LogP) is 4.48. The quantitative estimate of drug-likeness (QED) is 0.522. The standard InChI is InChI=1S/C21H22O4/c1-4-12-5-6-13-14-7-8-15-17(23-2)9-10-18(24-3)19(15)20(14)25-21(22)16(13)11-12/h7-10,12H,4-6,11H2,1-3H3. The smallest absolute Gasteiger partial charge is 0.339 e. The summed E-state index contributed by atoms with van der Waals surface area (Å²) in [5, 5.41) is 2.71. The number of methoxy groups -OCH3 is 2. The van der Waals surface area contributed by atoms with Crippen LogP contribution in [0.25, 0.3) is 21.7 Å². The van der Waals surface area contributed by atoms with Crippen LogP contribution in [-0.2, 0) is 12.8 Å². The van der Waals surface area contributed by atoms with Crippen LogP contribution in [0.15, 0.2) is 33.5 Å². The molecule has 1 unspecified atom stereocenters. The van der Waals surface area contributed by atoms with Crippen LogP contribution in [-0.4, -0.2) is 14.2 Å². The molecule has 1 heterocycles. The molecule has 0 bridgehead atoms. The molecule has 0 N–H and O–H groups in total. The van der Waals surface area contributed by atoms with Gasteiger partial charge in [-0.2, -0.15) is 0 Å². The van der Waals surface area contributed by atoms with Crippen molar-refractivity contribution in [2.75, 3.05) is 14.2 Å². The van der Waals surface area contributed by atoms with Crippen molar-refractivity contribution in [1.82, 2.24) is 0 Å². The van der Waals surface area contributed by atoms with Gasteiger partial charge < -0.3 is 13.9 Å². The van der Waals surface area contributed by atoms with E-state index in [9.17, 15) is 4.79 Å². The van der Waals surface area contributed by atoms with Crippen LogP contribution >= 0.6 is 0 Å². The maximum atomic E-state index is 12.7. The highest BCUT2D eigenvalue weighted by Crippen LogP contribution is 2.40. The third kappa shape index (κ3) is 2.39. The Kier molecular flexibility index (Phi) is 3.91. The summed E-state index contributed by atoms with van der Waals surface area (Å²) in [5.41, 5.74) is 2.39. The van der Waals surface area contributed by atoms with E-state index in [2.05, 4.69) is 6.92 Å². The number of aryl methyl sites for hydroxylation is 1. The number of fused-ring (bicyclic) bond motifs is 5. The summed E-state index contributed by atoms with van der Waals surface area (Å²) in [7, 11) is 3.27. The molecule has 0 spiro atoms. The molecule has 0 aliphatic heterocycles. The number of ether oxygens (including phenoxy) is 2. The topological polar surface area (TPSA) is 48.7 Å². The molecule has 1 aliphatic carbocycles. The zero-order chi connectivity index (χ0) is 17.6. The number of hydrogen-bond donors (Lipinski definition) is 0. The van der Waals surface area contributed by atoms with Crippen molar-refractivity contribution in [2.45, 2.75) is 32.6 Å². The monoisotopic (exact) mass is 338 g/mol. The zero-order valence-corrected chi connectivity index (χ0v) is 14.8. The van der Waals surface area contributed by atoms with Crippen LogP contribution in [0.3, 0.4) is 0 Å². The number of benzene rings is 2. The molecule has 0 radical (unpaired) electrons. The lowest BCUT2D eigenvalue weighted by Crippen LogP contribution is -2.21. The summed E-state index contributed by atoms with van der Waals surface area (Å²) in [4.78, 5) is 12.7. The zero-order valence-electron chi connectivity index (χ0n) is 14.8. The highest BCUT2D eigenvalue weighted by molar-refractivity contribution is 6.10. The van der Waals surface area contributed by atoms with Gasteiger partial charge in [0.1, 0.15) is 17.1 Å². The maximum absolute atomic E-state index is 12.7. The average Bonchev–Trinajstić information content (AvgIpc) is 2.66. The minimum atomic E-state index is -0.210. The van der Waals surface area contributed by atoms with Gasteiger partial charge in [-0.3, -0.25) is 0 Å². The Morgan fingerprint density at radius 2 is 1.76 bits per heavy atom. The SMILES string of the molecule is CCC1CCc2c(c(=O)oc3c2ccc2c(OC)ccc(OC)c23)C1. The molecule has 2 aromatic carbocycles. The Hall–Kier alpha value is -2.49. The van der Waals surface area contributed by atoms with Crippen LogP contribution in [0.1, 0.15) is 30.9 Å². The molecule has 4 heteroatoms. The van der Waals surface area contributed by atoms with Gasteiger partial charge in [0.15, 0.2) is 0 Å². The molecule has 0 fully saturated rings. The van der Waals surface area contributed by atoms with E-state index in [1.165, 1.54) is 0 Å². The van der Waals surface area contributed by atoms with Gasteiger partial charge >= 0.3 is 5.63 Å². The highest BCUT2D eigenvalue weighted by Gasteiger charge is 2.25. The van der Waals surface area contributed by atoms with E-state index in [0.29, 0.717) is 17.3 Å². The van der Waals surface area contributed by atoms with Crippen LogP contribution in [0, 0.1) is 5.92 Å². The van der Waals surface area contributed by atoms with E-state index in [-0.39, 0.29) is 5.63 Å². The maximum Gasteiger partial charge on any atom is 0.339 e. The summed E-state index contributed by atoms with van der Waals surface area (Å²) in [6.07, 6.45) is 3.96. The van der Waals surface area contributed by atoms with E-state index in [0.717, 1.165) is 58.7 Å². The molecule has 4 nitrogen and oxygen atoms in total. The first-order valence-corrected chi connectivity index (χ1v) is 8.80. The van der Waals surface area contributed by atoms with Crippen molar-refractivity contribution in [3.63, 3.8) is 0 Å². The number of hydrogen-bond acceptors (Lipinski definition) is 4. The van der Waals surface area contributed by atoms with E-state index in [4.69, 9.17) is 13.9 Å². The third-order valence-corrected chi connectivity index (χ3v) is 5.50. The molecule has 1 aromatic heterocycles. The first-order chi connectivity index (χ1) is 12.2. The van der Waals surface area contributed by atoms with Gasteiger partial charge in [0.25, 0.3) is 0 Å². The van der Waals surface area contributed by atoms with Gasteiger partial charge in [-0.25, -0.2) is 4.79 Å². The predicted molar refractivity (Wildman–Crippen MR) is 98.9 cm³/mol. The first-order valence-electron chi connectivity index (χ1n) is 8.80. The third-order valence-electron chi connectivity index (χ3n) is 5.50. The Morgan fingerprint density at radius 3 is 2.48 bits per heavy atom. The van der Waals surface area contributed by atoms with Crippen molar-refractivity contribution in [2.24, 2.45) is 5.92 Å². The van der Waals surface area contributed by atoms with Gasteiger partial charge in [-0.15, -0.1) is 0 Å². The van der Waals surface area contributed by atoms with Crippen molar-refractivity contribution < 1.29 is 13.9 Å². The fraction of sp³-hybridized carbons (Fsp3) is 0.381. The Balaban J connectivity index is 2.10. The summed E-state index contributed by atoms with van der Waals surface area (Å²) < 4.78 is 16.8. The minimum absolute atomic E-state index is 0.210. The van der Waals surface area contributed by atoms with E-state index in [1.54, 1.807) is 14.2 Å². The van der Waals surface area contributed by atoms with Gasteiger partial charge in [0, 0.05) is 16.3 Å². The lowest BCUT2D eigenvalue weighted by molar-refractivity contribution is 0.409. The summed E-state index contributed by atoms with van der Waals surface area (Å²) >= 11 is 0. The Bertz CT molecular complexity index is 1020. The van der Waals surface area contributed by atoms with Crippen molar-refractivity contribution in [3.8, 4) is 11.5 Å². The normalized spacial score (nSPS) is 16.8. The van der Waals surface area contributed by atoms with E-state index >= 15 is 0 Å². The van der Waals surface area contributed by atoms with E-state index < -0.39 is 0 Å². The van der Waals surface area contributed by atoms with Crippen LogP contribution < -0.4 is 15.1 Å². The summed E-state index contributed by atoms with van der Waals surface area (Å²) in [6.45, 7) is 2.18. The molecule has 0 amide bonds. The van der Waals surface area contributed by atoms with Gasteiger partial charge in [0.2, 0.25) is 0 Å². The molecule has 3 aromatic rings. The largest absolute Gasteiger partial charge is 0.496 e. The summed E-state index contributed by atoms with van der Waals surface area (Å²) in [6, 6.07) is 7.81. The molecule has 0 saturated carbocycles. The van der Waals surface area contributed by atoms with Gasteiger partial charge in [-0.1, -0.05) is 19.4 Å². The van der Waals surface area contributed by atoms with Crippen molar-refractivity contribution in [1.29, 1.82) is 0 Å². The molecule has 1 aliphatic rings. The molecule has 4 rings (SSSR count). The van der Waals surface area contributed by atoms with Gasteiger partial charge in [-0.05, 0) is 48.9 Å². The second-order valence-electron chi connectivity index (χ2n) is 6.70. The van der Waals surface area contributed by atoms with Crippen molar-refractivity contribution in [3.05, 3.63) is 45.8 Å². The van der Waals surface area contributed by atoms with Crippen molar-refractivity contribution >= 4 is 21.7 Å². The number of rotatable bonds is 3. The molecular formula is C21H22O4. The molecular weight excluding hydrogens is 316 g/mol. The second-order valence-corrected chi connectivity index (χ2v) is 6.70. The van der Waals surface area contributed by atoms with Crippen LogP contribution in [0.2, 0.25) is 0 Å². The fourth-order valence-corrected chi connectivity index (χ4v) is 4.07. The molecule has 25 heavy (non-hydrogen) atoms. The average molecular weight is 338 g/mol. The van der Waals surface area contributed by atoms with Crippen LogP contribution in [0.4, 0.5) is 0 Å². The first kappa shape index (κ1) is 16.0. The Morgan fingerprint density at radius 1 is 1.04 bits per heavy atom. The fourth-order valence-electron chi connectivity index (χ4n) is 4.07. The molecule has 1 atom stereocenters. The highest BCUT2D eigenvalue weighted by atomic mass is 16.5. The molecule has 130 valence electrons. The van der Waals surface area contributed by atoms with E-state index in [1.807, 2.05) is 24.3 Å². The van der Waals surface area contributed by atoms with Gasteiger partial charge in [0.05, 0.1) is 19.6 Å². The lowest BCUT2D eigenvalue weighted by atomic mass is 9.82. The Labute approximate surface area is 146 Å².